The smallest absolute Gasteiger partial charge is 0.0642 e. The molecule has 0 saturated carbocycles. The van der Waals surface area contributed by atoms with Gasteiger partial charge in [0.2, 0.25) is 0 Å². The molecular formula is C13H15NS. The molecule has 0 radical (unpaired) electrons. The van der Waals surface area contributed by atoms with Gasteiger partial charge in [0.1, 0.15) is 0 Å². The molecule has 2 rings (SSSR count). The lowest BCUT2D eigenvalue weighted by molar-refractivity contribution is 0.741. The van der Waals surface area contributed by atoms with Crippen LogP contribution in [0.5, 0.6) is 0 Å². The Morgan fingerprint density at radius 1 is 1.27 bits per heavy atom. The lowest BCUT2D eigenvalue weighted by Gasteiger charge is -2.31. The van der Waals surface area contributed by atoms with Crippen LogP contribution in [0.3, 0.4) is 0 Å². The van der Waals surface area contributed by atoms with E-state index >= 15 is 0 Å². The maximum absolute atomic E-state index is 5.92. The van der Waals surface area contributed by atoms with Crippen LogP contribution in [0.4, 0.5) is 0 Å². The van der Waals surface area contributed by atoms with E-state index in [2.05, 4.69) is 42.7 Å². The fourth-order valence-electron chi connectivity index (χ4n) is 1.92. The molecule has 0 bridgehead atoms. The van der Waals surface area contributed by atoms with Gasteiger partial charge in [0.05, 0.1) is 4.75 Å². The monoisotopic (exact) mass is 217 g/mol. The molecule has 0 aromatic heterocycles. The third kappa shape index (κ3) is 1.95. The molecule has 1 aromatic rings. The van der Waals surface area contributed by atoms with Crippen molar-refractivity contribution in [3.8, 4) is 0 Å². The van der Waals surface area contributed by atoms with Gasteiger partial charge < -0.3 is 5.73 Å². The molecule has 0 aliphatic heterocycles. The Labute approximate surface area is 95.1 Å². The normalized spacial score (nSPS) is 25.0. The van der Waals surface area contributed by atoms with Gasteiger partial charge in [-0.1, -0.05) is 42.5 Å². The van der Waals surface area contributed by atoms with Gasteiger partial charge in [-0.15, -0.1) is 11.8 Å². The van der Waals surface area contributed by atoms with Crippen LogP contribution in [0.15, 0.2) is 54.3 Å². The zero-order chi connectivity index (χ0) is 10.7. The Morgan fingerprint density at radius 3 is 2.60 bits per heavy atom. The summed E-state index contributed by atoms with van der Waals surface area (Å²) in [6.45, 7) is 0. The summed E-state index contributed by atoms with van der Waals surface area (Å²) in [5.74, 6) is 0. The minimum atomic E-state index is 0.0279. The van der Waals surface area contributed by atoms with E-state index in [4.69, 9.17) is 5.73 Å². The van der Waals surface area contributed by atoms with E-state index in [9.17, 15) is 0 Å². The van der Waals surface area contributed by atoms with Crippen LogP contribution in [0.25, 0.3) is 0 Å². The van der Waals surface area contributed by atoms with Gasteiger partial charge in [-0.3, -0.25) is 0 Å². The molecule has 78 valence electrons. The zero-order valence-electron chi connectivity index (χ0n) is 8.81. The summed E-state index contributed by atoms with van der Waals surface area (Å²) in [4.78, 5) is 0. The molecule has 15 heavy (non-hydrogen) atoms. The Morgan fingerprint density at radius 2 is 2.00 bits per heavy atom. The number of hydrogen-bond acceptors (Lipinski definition) is 2. The van der Waals surface area contributed by atoms with Gasteiger partial charge in [-0.25, -0.2) is 0 Å². The van der Waals surface area contributed by atoms with Gasteiger partial charge in [-0.05, 0) is 17.9 Å². The zero-order valence-corrected chi connectivity index (χ0v) is 9.63. The summed E-state index contributed by atoms with van der Waals surface area (Å²) < 4.78 is 0.0279. The number of benzene rings is 1. The highest BCUT2D eigenvalue weighted by Crippen LogP contribution is 2.42. The molecule has 1 aromatic carbocycles. The van der Waals surface area contributed by atoms with Crippen molar-refractivity contribution in [2.45, 2.75) is 11.2 Å². The Kier molecular flexibility index (Phi) is 2.87. The molecule has 0 saturated heterocycles. The average molecular weight is 217 g/mol. The summed E-state index contributed by atoms with van der Waals surface area (Å²) in [5.41, 5.74) is 8.20. The van der Waals surface area contributed by atoms with E-state index in [0.29, 0.717) is 0 Å². The van der Waals surface area contributed by atoms with Crippen molar-refractivity contribution < 1.29 is 0 Å². The summed E-state index contributed by atoms with van der Waals surface area (Å²) in [6, 6.07) is 10.5. The molecule has 1 nitrogen and oxygen atoms in total. The number of hydrogen-bond donors (Lipinski definition) is 1. The predicted molar refractivity (Wildman–Crippen MR) is 67.7 cm³/mol. The molecule has 0 fully saturated rings. The van der Waals surface area contributed by atoms with Gasteiger partial charge in [0.15, 0.2) is 0 Å². The first-order valence-electron chi connectivity index (χ1n) is 5.01. The fraction of sp³-hybridized carbons (Fsp3) is 0.231. The topological polar surface area (TPSA) is 26.0 Å². The minimum absolute atomic E-state index is 0.0279. The second kappa shape index (κ2) is 4.15. The fourth-order valence-corrected chi connectivity index (χ4v) is 2.82. The lowest BCUT2D eigenvalue weighted by Crippen LogP contribution is -2.23. The maximum Gasteiger partial charge on any atom is 0.0642 e. The highest BCUT2D eigenvalue weighted by molar-refractivity contribution is 7.99. The molecule has 1 atom stereocenters. The second-order valence-electron chi connectivity index (χ2n) is 3.74. The molecule has 1 aliphatic rings. The van der Waals surface area contributed by atoms with Crippen molar-refractivity contribution in [3.05, 3.63) is 59.8 Å². The van der Waals surface area contributed by atoms with Crippen molar-refractivity contribution in [2.24, 2.45) is 5.73 Å². The van der Waals surface area contributed by atoms with E-state index in [-0.39, 0.29) is 4.75 Å². The quantitative estimate of drug-likeness (QED) is 0.824. The predicted octanol–water partition coefficient (Wildman–Crippen LogP) is 3.05. The first-order valence-corrected chi connectivity index (χ1v) is 6.24. The van der Waals surface area contributed by atoms with Gasteiger partial charge in [-0.2, -0.15) is 0 Å². The van der Waals surface area contributed by atoms with Crippen LogP contribution in [0.1, 0.15) is 12.0 Å². The highest BCUT2D eigenvalue weighted by atomic mass is 32.2. The van der Waals surface area contributed by atoms with Crippen molar-refractivity contribution in [1.82, 2.24) is 0 Å². The Balaban J connectivity index is 2.40. The van der Waals surface area contributed by atoms with E-state index in [1.54, 1.807) is 0 Å². The van der Waals surface area contributed by atoms with Crippen LogP contribution < -0.4 is 5.73 Å². The third-order valence-electron chi connectivity index (χ3n) is 2.77. The molecule has 1 aliphatic carbocycles. The number of nitrogens with two attached hydrogens (primary N) is 1. The molecule has 0 heterocycles. The maximum atomic E-state index is 5.92. The second-order valence-corrected chi connectivity index (χ2v) is 4.87. The number of allylic oxidation sites excluding steroid dienone is 3. The van der Waals surface area contributed by atoms with Crippen LogP contribution >= 0.6 is 11.8 Å². The summed E-state index contributed by atoms with van der Waals surface area (Å²) in [6.07, 6.45) is 9.31. The van der Waals surface area contributed by atoms with Crippen LogP contribution in [-0.4, -0.2) is 6.26 Å². The van der Waals surface area contributed by atoms with Gasteiger partial charge in [0, 0.05) is 12.1 Å². The van der Waals surface area contributed by atoms with E-state index < -0.39 is 0 Å². The Bertz CT molecular complexity index is 394. The van der Waals surface area contributed by atoms with Crippen molar-refractivity contribution in [3.63, 3.8) is 0 Å². The standard InChI is InChI=1S/C13H15NS/c1-15-13(9-5-8-12(14)10-13)11-6-3-2-4-7-11/h2-9H,10,14H2,1H3. The van der Waals surface area contributed by atoms with Crippen LogP contribution in [-0.2, 0) is 4.75 Å². The number of thioether (sulfide) groups is 1. The van der Waals surface area contributed by atoms with Crippen molar-refractivity contribution in [2.75, 3.05) is 6.26 Å². The summed E-state index contributed by atoms with van der Waals surface area (Å²) in [5, 5.41) is 0. The molecule has 2 N–H and O–H groups in total. The first-order chi connectivity index (χ1) is 7.27. The molecule has 1 unspecified atom stereocenters. The van der Waals surface area contributed by atoms with E-state index in [1.807, 2.05) is 23.9 Å². The largest absolute Gasteiger partial charge is 0.402 e. The van der Waals surface area contributed by atoms with Crippen LogP contribution in [0.2, 0.25) is 0 Å². The summed E-state index contributed by atoms with van der Waals surface area (Å²) >= 11 is 1.84. The summed E-state index contributed by atoms with van der Waals surface area (Å²) in [7, 11) is 0. The third-order valence-corrected chi connectivity index (χ3v) is 4.01. The molecule has 0 amide bonds. The first kappa shape index (κ1) is 10.4. The van der Waals surface area contributed by atoms with E-state index in [0.717, 1.165) is 12.1 Å². The molecule has 2 heteroatoms. The van der Waals surface area contributed by atoms with Crippen molar-refractivity contribution >= 4 is 11.8 Å². The van der Waals surface area contributed by atoms with Crippen LogP contribution in [0, 0.1) is 0 Å². The minimum Gasteiger partial charge on any atom is -0.402 e. The molecule has 0 spiro atoms. The van der Waals surface area contributed by atoms with E-state index in [1.165, 1.54) is 5.56 Å². The molecular weight excluding hydrogens is 202 g/mol. The van der Waals surface area contributed by atoms with Gasteiger partial charge in [0.25, 0.3) is 0 Å². The van der Waals surface area contributed by atoms with Crippen molar-refractivity contribution in [1.29, 1.82) is 0 Å². The Hall–Kier alpha value is -1.15. The average Bonchev–Trinajstić information content (AvgIpc) is 2.30. The van der Waals surface area contributed by atoms with Gasteiger partial charge >= 0.3 is 0 Å². The highest BCUT2D eigenvalue weighted by Gasteiger charge is 2.30. The lowest BCUT2D eigenvalue weighted by atomic mass is 9.90. The SMILES string of the molecule is CSC1(c2ccccc2)C=CC=C(N)C1. The number of rotatable bonds is 2.